The van der Waals surface area contributed by atoms with Crippen molar-refractivity contribution < 1.29 is 4.79 Å². The largest absolute Gasteiger partial charge is 0.357 e. The van der Waals surface area contributed by atoms with Crippen LogP contribution in [-0.4, -0.2) is 63.1 Å². The van der Waals surface area contributed by atoms with Gasteiger partial charge in [0.2, 0.25) is 0 Å². The van der Waals surface area contributed by atoms with Gasteiger partial charge in [-0.15, -0.1) is 24.0 Å². The van der Waals surface area contributed by atoms with E-state index in [1.54, 1.807) is 7.05 Å². The maximum absolute atomic E-state index is 11.8. The molecule has 0 radical (unpaired) electrons. The number of carbonyl (C=O) groups is 1. The predicted octanol–water partition coefficient (Wildman–Crippen LogP) is 2.74. The van der Waals surface area contributed by atoms with Crippen LogP contribution < -0.4 is 16.0 Å². The van der Waals surface area contributed by atoms with Crippen molar-refractivity contribution in [3.05, 3.63) is 35.4 Å². The standard InChI is InChI=1S/C22H37N5O.HI/c1-5-24-22(26-11-12-27-15-17(2)13-18(3)16-27)25-10-9-19-7-6-8-20(14-19)21(28)23-4;/h6-8,14,17-18H,5,9-13,15-16H2,1-4H3,(H,23,28)(H2,24,25,26);1H. The highest BCUT2D eigenvalue weighted by atomic mass is 127. The van der Waals surface area contributed by atoms with Gasteiger partial charge >= 0.3 is 0 Å². The minimum Gasteiger partial charge on any atom is -0.357 e. The van der Waals surface area contributed by atoms with Gasteiger partial charge in [0.25, 0.3) is 5.91 Å². The van der Waals surface area contributed by atoms with Gasteiger partial charge < -0.3 is 20.9 Å². The van der Waals surface area contributed by atoms with Gasteiger partial charge in [-0.2, -0.15) is 0 Å². The number of nitrogens with one attached hydrogen (secondary N) is 3. The van der Waals surface area contributed by atoms with Crippen molar-refractivity contribution in [3.8, 4) is 0 Å². The number of rotatable bonds is 8. The SMILES string of the molecule is CCNC(=NCCN1CC(C)CC(C)C1)NCCc1cccc(C(=O)NC)c1.I. The molecule has 1 heterocycles. The summed E-state index contributed by atoms with van der Waals surface area (Å²) in [5.41, 5.74) is 1.84. The fourth-order valence-electron chi connectivity index (χ4n) is 3.96. The van der Waals surface area contributed by atoms with E-state index in [0.717, 1.165) is 56.0 Å². The second kappa shape index (κ2) is 13.8. The highest BCUT2D eigenvalue weighted by Gasteiger charge is 2.21. The second-order valence-corrected chi connectivity index (χ2v) is 7.92. The van der Waals surface area contributed by atoms with E-state index in [9.17, 15) is 4.79 Å². The zero-order valence-corrected chi connectivity index (χ0v) is 20.7. The van der Waals surface area contributed by atoms with Crippen LogP contribution in [0.4, 0.5) is 0 Å². The van der Waals surface area contributed by atoms with Crippen molar-refractivity contribution in [2.24, 2.45) is 16.8 Å². The third-order valence-corrected chi connectivity index (χ3v) is 5.10. The lowest BCUT2D eigenvalue weighted by atomic mass is 9.92. The second-order valence-electron chi connectivity index (χ2n) is 7.92. The molecule has 2 unspecified atom stereocenters. The Bertz CT molecular complexity index is 642. The number of hydrogen-bond donors (Lipinski definition) is 3. The molecule has 2 rings (SSSR count). The van der Waals surface area contributed by atoms with Crippen LogP contribution in [-0.2, 0) is 6.42 Å². The molecular weight excluding hydrogens is 477 g/mol. The summed E-state index contributed by atoms with van der Waals surface area (Å²) in [6.45, 7) is 12.6. The summed E-state index contributed by atoms with van der Waals surface area (Å²) in [6, 6.07) is 7.77. The molecule has 0 aromatic heterocycles. The monoisotopic (exact) mass is 515 g/mol. The molecule has 1 aliphatic rings. The maximum atomic E-state index is 11.8. The molecule has 0 aliphatic carbocycles. The van der Waals surface area contributed by atoms with Crippen molar-refractivity contribution >= 4 is 35.8 Å². The summed E-state index contributed by atoms with van der Waals surface area (Å²) in [4.78, 5) is 19.0. The van der Waals surface area contributed by atoms with E-state index < -0.39 is 0 Å². The van der Waals surface area contributed by atoms with Crippen molar-refractivity contribution in [1.29, 1.82) is 0 Å². The number of aliphatic imine (C=N–C) groups is 1. The number of piperidine rings is 1. The van der Waals surface area contributed by atoms with Crippen LogP contribution >= 0.6 is 24.0 Å². The van der Waals surface area contributed by atoms with Crippen molar-refractivity contribution in [2.75, 3.05) is 46.3 Å². The van der Waals surface area contributed by atoms with Gasteiger partial charge in [-0.3, -0.25) is 9.79 Å². The Morgan fingerprint density at radius 2 is 1.93 bits per heavy atom. The van der Waals surface area contributed by atoms with E-state index in [2.05, 4.69) is 47.7 Å². The fourth-order valence-corrected chi connectivity index (χ4v) is 3.96. The Kier molecular flexibility index (Phi) is 12.2. The van der Waals surface area contributed by atoms with Crippen molar-refractivity contribution in [2.45, 2.75) is 33.6 Å². The quantitative estimate of drug-likeness (QED) is 0.283. The Balaban J connectivity index is 0.00000420. The average Bonchev–Trinajstić information content (AvgIpc) is 2.67. The number of hydrogen-bond acceptors (Lipinski definition) is 3. The average molecular weight is 515 g/mol. The summed E-state index contributed by atoms with van der Waals surface area (Å²) in [7, 11) is 1.65. The summed E-state index contributed by atoms with van der Waals surface area (Å²) in [6.07, 6.45) is 2.18. The van der Waals surface area contributed by atoms with Gasteiger partial charge in [0.15, 0.2) is 5.96 Å². The summed E-state index contributed by atoms with van der Waals surface area (Å²) >= 11 is 0. The molecular formula is C22H38IN5O. The number of amides is 1. The lowest BCUT2D eigenvalue weighted by molar-refractivity contribution is 0.0963. The number of benzene rings is 1. The van der Waals surface area contributed by atoms with Gasteiger partial charge in [0.05, 0.1) is 6.54 Å². The van der Waals surface area contributed by atoms with Crippen LogP contribution in [0.1, 0.15) is 43.1 Å². The van der Waals surface area contributed by atoms with Gasteiger partial charge in [-0.25, -0.2) is 0 Å². The molecule has 7 heteroatoms. The zero-order chi connectivity index (χ0) is 20.4. The van der Waals surface area contributed by atoms with Gasteiger partial charge in [0, 0.05) is 45.3 Å². The molecule has 1 aliphatic heterocycles. The number of nitrogens with zero attached hydrogens (tertiary/aromatic N) is 2. The first kappa shape index (κ1) is 25.7. The fraction of sp³-hybridized carbons (Fsp3) is 0.636. The summed E-state index contributed by atoms with van der Waals surface area (Å²) in [5.74, 6) is 2.38. The molecule has 1 aromatic carbocycles. The van der Waals surface area contributed by atoms with E-state index in [4.69, 9.17) is 4.99 Å². The van der Waals surface area contributed by atoms with E-state index in [1.807, 2.05) is 18.2 Å². The highest BCUT2D eigenvalue weighted by molar-refractivity contribution is 14.0. The van der Waals surface area contributed by atoms with Crippen LogP contribution in [0.5, 0.6) is 0 Å². The van der Waals surface area contributed by atoms with Gasteiger partial charge in [-0.1, -0.05) is 26.0 Å². The minimum absolute atomic E-state index is 0. The first-order valence-electron chi connectivity index (χ1n) is 10.6. The number of likely N-dealkylation sites (tertiary alicyclic amines) is 1. The summed E-state index contributed by atoms with van der Waals surface area (Å²) < 4.78 is 0. The number of halogens is 1. The smallest absolute Gasteiger partial charge is 0.251 e. The molecule has 6 nitrogen and oxygen atoms in total. The minimum atomic E-state index is -0.0499. The molecule has 0 spiro atoms. The Hall–Kier alpha value is -1.35. The van der Waals surface area contributed by atoms with E-state index in [1.165, 1.54) is 19.5 Å². The molecule has 0 saturated carbocycles. The topological polar surface area (TPSA) is 68.8 Å². The maximum Gasteiger partial charge on any atom is 0.251 e. The third kappa shape index (κ3) is 9.33. The number of carbonyl (C=O) groups excluding carboxylic acids is 1. The van der Waals surface area contributed by atoms with Gasteiger partial charge in [-0.05, 0) is 49.3 Å². The predicted molar refractivity (Wildman–Crippen MR) is 132 cm³/mol. The molecule has 1 fully saturated rings. The molecule has 1 saturated heterocycles. The normalized spacial score (nSPS) is 19.9. The molecule has 2 atom stereocenters. The van der Waals surface area contributed by atoms with Crippen LogP contribution in [0.25, 0.3) is 0 Å². The van der Waals surface area contributed by atoms with Gasteiger partial charge in [0.1, 0.15) is 0 Å². The van der Waals surface area contributed by atoms with Crippen LogP contribution in [0.2, 0.25) is 0 Å². The first-order valence-corrected chi connectivity index (χ1v) is 10.6. The molecule has 164 valence electrons. The van der Waals surface area contributed by atoms with Crippen molar-refractivity contribution in [1.82, 2.24) is 20.9 Å². The molecule has 0 bridgehead atoms. The Morgan fingerprint density at radius 1 is 1.21 bits per heavy atom. The van der Waals surface area contributed by atoms with E-state index in [0.29, 0.717) is 5.56 Å². The van der Waals surface area contributed by atoms with Crippen LogP contribution in [0.3, 0.4) is 0 Å². The van der Waals surface area contributed by atoms with Crippen molar-refractivity contribution in [3.63, 3.8) is 0 Å². The zero-order valence-electron chi connectivity index (χ0n) is 18.3. The Morgan fingerprint density at radius 3 is 2.59 bits per heavy atom. The molecule has 3 N–H and O–H groups in total. The lowest BCUT2D eigenvalue weighted by Gasteiger charge is -2.34. The highest BCUT2D eigenvalue weighted by Crippen LogP contribution is 2.20. The molecule has 29 heavy (non-hydrogen) atoms. The van der Waals surface area contributed by atoms with E-state index >= 15 is 0 Å². The Labute approximate surface area is 193 Å². The number of guanidine groups is 1. The lowest BCUT2D eigenvalue weighted by Crippen LogP contribution is -2.41. The summed E-state index contributed by atoms with van der Waals surface area (Å²) in [5, 5.41) is 9.39. The first-order chi connectivity index (χ1) is 13.5. The van der Waals surface area contributed by atoms with Crippen LogP contribution in [0.15, 0.2) is 29.3 Å². The molecule has 1 aromatic rings. The van der Waals surface area contributed by atoms with E-state index in [-0.39, 0.29) is 29.9 Å². The van der Waals surface area contributed by atoms with Crippen LogP contribution in [0, 0.1) is 11.8 Å². The third-order valence-electron chi connectivity index (χ3n) is 5.10. The molecule has 1 amide bonds.